The summed E-state index contributed by atoms with van der Waals surface area (Å²) in [6.07, 6.45) is -0.618. The van der Waals surface area contributed by atoms with Gasteiger partial charge >= 0.3 is 0 Å². The van der Waals surface area contributed by atoms with Crippen LogP contribution in [0.15, 0.2) is 28.8 Å². The maximum atomic E-state index is 9.35. The fourth-order valence-corrected chi connectivity index (χ4v) is 1.52. The lowest BCUT2D eigenvalue weighted by atomic mass is 10.0. The summed E-state index contributed by atoms with van der Waals surface area (Å²) in [6.45, 7) is 5.79. The lowest BCUT2D eigenvalue weighted by molar-refractivity contribution is 0.158. The Balaban J connectivity index is 2.39. The Hall–Kier alpha value is -1.61. The highest BCUT2D eigenvalue weighted by Gasteiger charge is 2.10. The minimum atomic E-state index is -0.618. The standard InChI is InChI=1S/C13H15NO2/c1-8-4-5-11(6-9(8)2)12-7-13(10(3)15)16-14-12/h4-7,10,15H,1-3H3/t10-/m0/s1. The van der Waals surface area contributed by atoms with Crippen molar-refractivity contribution in [2.24, 2.45) is 0 Å². The average Bonchev–Trinajstić information content (AvgIpc) is 2.71. The van der Waals surface area contributed by atoms with Gasteiger partial charge in [-0.15, -0.1) is 0 Å². The maximum Gasteiger partial charge on any atom is 0.165 e. The van der Waals surface area contributed by atoms with E-state index in [1.54, 1.807) is 13.0 Å². The normalized spacial score (nSPS) is 12.8. The van der Waals surface area contributed by atoms with Gasteiger partial charge in [0.15, 0.2) is 5.76 Å². The molecule has 0 aliphatic carbocycles. The molecule has 0 bridgehead atoms. The summed E-state index contributed by atoms with van der Waals surface area (Å²) in [6, 6.07) is 7.90. The number of rotatable bonds is 2. The highest BCUT2D eigenvalue weighted by molar-refractivity contribution is 5.60. The van der Waals surface area contributed by atoms with Crippen molar-refractivity contribution in [2.75, 3.05) is 0 Å². The van der Waals surface area contributed by atoms with Gasteiger partial charge in [-0.3, -0.25) is 0 Å². The summed E-state index contributed by atoms with van der Waals surface area (Å²) in [4.78, 5) is 0. The fourth-order valence-electron chi connectivity index (χ4n) is 1.52. The Kier molecular flexibility index (Phi) is 2.79. The van der Waals surface area contributed by atoms with Crippen LogP contribution in [0.5, 0.6) is 0 Å². The third kappa shape index (κ3) is 1.99. The molecule has 3 nitrogen and oxygen atoms in total. The van der Waals surface area contributed by atoms with E-state index in [9.17, 15) is 5.11 Å². The Morgan fingerprint density at radius 1 is 1.19 bits per heavy atom. The number of benzene rings is 1. The summed E-state index contributed by atoms with van der Waals surface area (Å²) < 4.78 is 5.05. The van der Waals surface area contributed by atoms with Gasteiger partial charge in [0, 0.05) is 11.6 Å². The molecule has 0 aliphatic rings. The number of aryl methyl sites for hydroxylation is 2. The monoisotopic (exact) mass is 217 g/mol. The van der Waals surface area contributed by atoms with Crippen LogP contribution < -0.4 is 0 Å². The third-order valence-electron chi connectivity index (χ3n) is 2.74. The first-order valence-corrected chi connectivity index (χ1v) is 5.30. The van der Waals surface area contributed by atoms with E-state index < -0.39 is 6.10 Å². The van der Waals surface area contributed by atoms with Crippen molar-refractivity contribution in [3.63, 3.8) is 0 Å². The van der Waals surface area contributed by atoms with Crippen molar-refractivity contribution in [1.82, 2.24) is 5.16 Å². The molecule has 1 aromatic carbocycles. The smallest absolute Gasteiger partial charge is 0.165 e. The second-order valence-corrected chi connectivity index (χ2v) is 4.09. The molecule has 1 heterocycles. The molecule has 0 saturated heterocycles. The Morgan fingerprint density at radius 2 is 1.94 bits per heavy atom. The van der Waals surface area contributed by atoms with E-state index in [4.69, 9.17) is 4.52 Å². The van der Waals surface area contributed by atoms with E-state index in [0.717, 1.165) is 11.3 Å². The first-order chi connectivity index (χ1) is 7.58. The number of hydrogen-bond donors (Lipinski definition) is 1. The van der Waals surface area contributed by atoms with Crippen LogP contribution in [0.2, 0.25) is 0 Å². The zero-order valence-corrected chi connectivity index (χ0v) is 9.69. The van der Waals surface area contributed by atoms with Gasteiger partial charge in [0.25, 0.3) is 0 Å². The Morgan fingerprint density at radius 3 is 2.50 bits per heavy atom. The first kappa shape index (κ1) is 10.9. The van der Waals surface area contributed by atoms with Gasteiger partial charge in [0.2, 0.25) is 0 Å². The second-order valence-electron chi connectivity index (χ2n) is 4.09. The quantitative estimate of drug-likeness (QED) is 0.841. The lowest BCUT2D eigenvalue weighted by Crippen LogP contribution is -1.86. The Labute approximate surface area is 94.7 Å². The predicted molar refractivity (Wildman–Crippen MR) is 62.0 cm³/mol. The molecule has 1 atom stereocenters. The molecule has 0 fully saturated rings. The molecule has 3 heteroatoms. The zero-order valence-electron chi connectivity index (χ0n) is 9.69. The van der Waals surface area contributed by atoms with Crippen molar-refractivity contribution in [3.05, 3.63) is 41.2 Å². The van der Waals surface area contributed by atoms with Crippen LogP contribution in [0.25, 0.3) is 11.3 Å². The van der Waals surface area contributed by atoms with E-state index >= 15 is 0 Å². The number of aromatic nitrogens is 1. The number of aliphatic hydroxyl groups is 1. The van der Waals surface area contributed by atoms with Crippen LogP contribution in [0.3, 0.4) is 0 Å². The third-order valence-corrected chi connectivity index (χ3v) is 2.74. The molecule has 2 rings (SSSR count). The predicted octanol–water partition coefficient (Wildman–Crippen LogP) is 3.01. The van der Waals surface area contributed by atoms with Crippen LogP contribution >= 0.6 is 0 Å². The molecule has 0 saturated carbocycles. The summed E-state index contributed by atoms with van der Waals surface area (Å²) >= 11 is 0. The van der Waals surface area contributed by atoms with E-state index in [1.165, 1.54) is 11.1 Å². The van der Waals surface area contributed by atoms with Crippen molar-refractivity contribution in [2.45, 2.75) is 26.9 Å². The Bertz CT molecular complexity index is 500. The van der Waals surface area contributed by atoms with Crippen LogP contribution in [0.1, 0.15) is 29.9 Å². The maximum absolute atomic E-state index is 9.35. The molecule has 0 amide bonds. The summed E-state index contributed by atoms with van der Waals surface area (Å²) in [5.74, 6) is 0.494. The molecule has 84 valence electrons. The zero-order chi connectivity index (χ0) is 11.7. The molecule has 0 unspecified atom stereocenters. The van der Waals surface area contributed by atoms with Gasteiger partial charge in [-0.2, -0.15) is 0 Å². The number of aliphatic hydroxyl groups excluding tert-OH is 1. The molecule has 1 N–H and O–H groups in total. The van der Waals surface area contributed by atoms with Gasteiger partial charge in [0.05, 0.1) is 0 Å². The first-order valence-electron chi connectivity index (χ1n) is 5.30. The molecular weight excluding hydrogens is 202 g/mol. The highest BCUT2D eigenvalue weighted by atomic mass is 16.5. The molecule has 0 aliphatic heterocycles. The summed E-state index contributed by atoms with van der Waals surface area (Å²) in [7, 11) is 0. The van der Waals surface area contributed by atoms with Gasteiger partial charge in [-0.25, -0.2) is 0 Å². The van der Waals surface area contributed by atoms with Crippen molar-refractivity contribution in [3.8, 4) is 11.3 Å². The second kappa shape index (κ2) is 4.10. The SMILES string of the molecule is Cc1ccc(-c2cc([C@H](C)O)on2)cc1C. The minimum absolute atomic E-state index is 0.494. The molecule has 16 heavy (non-hydrogen) atoms. The van der Waals surface area contributed by atoms with Crippen LogP contribution in [0, 0.1) is 13.8 Å². The van der Waals surface area contributed by atoms with E-state index in [-0.39, 0.29) is 0 Å². The highest BCUT2D eigenvalue weighted by Crippen LogP contribution is 2.24. The van der Waals surface area contributed by atoms with Crippen molar-refractivity contribution >= 4 is 0 Å². The summed E-state index contributed by atoms with van der Waals surface area (Å²) in [5, 5.41) is 13.3. The molecule has 0 spiro atoms. The van der Waals surface area contributed by atoms with E-state index in [0.29, 0.717) is 5.76 Å². The van der Waals surface area contributed by atoms with Crippen LogP contribution in [-0.4, -0.2) is 10.3 Å². The van der Waals surface area contributed by atoms with Crippen LogP contribution in [0.4, 0.5) is 0 Å². The van der Waals surface area contributed by atoms with Gasteiger partial charge in [-0.05, 0) is 38.0 Å². The van der Waals surface area contributed by atoms with Gasteiger partial charge in [0.1, 0.15) is 11.8 Å². The molecule has 0 radical (unpaired) electrons. The van der Waals surface area contributed by atoms with Crippen molar-refractivity contribution < 1.29 is 9.63 Å². The van der Waals surface area contributed by atoms with Gasteiger partial charge in [-0.1, -0.05) is 17.3 Å². The van der Waals surface area contributed by atoms with E-state index in [1.807, 2.05) is 6.07 Å². The van der Waals surface area contributed by atoms with Crippen molar-refractivity contribution in [1.29, 1.82) is 0 Å². The van der Waals surface area contributed by atoms with Gasteiger partial charge < -0.3 is 9.63 Å². The number of hydrogen-bond acceptors (Lipinski definition) is 3. The van der Waals surface area contributed by atoms with Crippen LogP contribution in [-0.2, 0) is 0 Å². The minimum Gasteiger partial charge on any atom is -0.385 e. The molecule has 1 aromatic heterocycles. The molecule has 2 aromatic rings. The fraction of sp³-hybridized carbons (Fsp3) is 0.308. The van der Waals surface area contributed by atoms with E-state index in [2.05, 4.69) is 31.1 Å². The number of nitrogens with zero attached hydrogens (tertiary/aromatic N) is 1. The molecular formula is C13H15NO2. The topological polar surface area (TPSA) is 46.3 Å². The largest absolute Gasteiger partial charge is 0.385 e. The lowest BCUT2D eigenvalue weighted by Gasteiger charge is -2.01. The summed E-state index contributed by atoms with van der Waals surface area (Å²) in [5.41, 5.74) is 4.25. The average molecular weight is 217 g/mol.